The van der Waals surface area contributed by atoms with Gasteiger partial charge in [-0.2, -0.15) is 0 Å². The molecular weight excluding hydrogens is 258 g/mol. The van der Waals surface area contributed by atoms with Gasteiger partial charge >= 0.3 is 12.1 Å². The van der Waals surface area contributed by atoms with Crippen molar-refractivity contribution < 1.29 is 19.4 Å². The Labute approximate surface area is 117 Å². The highest BCUT2D eigenvalue weighted by Gasteiger charge is 2.32. The summed E-state index contributed by atoms with van der Waals surface area (Å²) >= 11 is 0. The number of carbonyl (C=O) groups excluding carboxylic acids is 1. The van der Waals surface area contributed by atoms with Crippen molar-refractivity contribution in [3.63, 3.8) is 0 Å². The summed E-state index contributed by atoms with van der Waals surface area (Å²) in [6.45, 7) is 4.08. The van der Waals surface area contributed by atoms with Crippen LogP contribution in [0.4, 0.5) is 4.79 Å². The van der Waals surface area contributed by atoms with E-state index in [4.69, 9.17) is 9.84 Å². The summed E-state index contributed by atoms with van der Waals surface area (Å²) in [5.74, 6) is -0.937. The van der Waals surface area contributed by atoms with Gasteiger partial charge in [0.1, 0.15) is 6.61 Å². The van der Waals surface area contributed by atoms with E-state index < -0.39 is 18.1 Å². The topological polar surface area (TPSA) is 66.8 Å². The van der Waals surface area contributed by atoms with Gasteiger partial charge in [-0.3, -0.25) is 4.79 Å². The summed E-state index contributed by atoms with van der Waals surface area (Å²) in [6.07, 6.45) is 1.57. The fourth-order valence-corrected chi connectivity index (χ4v) is 2.47. The first-order chi connectivity index (χ1) is 9.63. The second kappa shape index (κ2) is 6.23. The molecule has 0 saturated heterocycles. The number of nitrogens with zero attached hydrogens (tertiary/aromatic N) is 1. The van der Waals surface area contributed by atoms with Gasteiger partial charge < -0.3 is 14.7 Å². The third-order valence-corrected chi connectivity index (χ3v) is 3.34. The number of hydrogen-bond donors (Lipinski definition) is 1. The van der Waals surface area contributed by atoms with E-state index in [0.717, 1.165) is 11.1 Å². The molecule has 0 saturated carbocycles. The van der Waals surface area contributed by atoms with Gasteiger partial charge in [0.15, 0.2) is 0 Å². The van der Waals surface area contributed by atoms with Crippen LogP contribution >= 0.6 is 0 Å². The van der Waals surface area contributed by atoms with Crippen molar-refractivity contribution in [1.82, 2.24) is 4.90 Å². The monoisotopic (exact) mass is 275 g/mol. The smallest absolute Gasteiger partial charge is 0.410 e. The van der Waals surface area contributed by atoms with E-state index in [2.05, 4.69) is 6.58 Å². The molecular formula is C15H17NO4. The van der Waals surface area contributed by atoms with E-state index in [9.17, 15) is 9.59 Å². The molecule has 1 aromatic rings. The molecule has 1 heterocycles. The average Bonchev–Trinajstić information content (AvgIpc) is 2.44. The fourth-order valence-electron chi connectivity index (χ4n) is 2.47. The van der Waals surface area contributed by atoms with E-state index in [1.165, 1.54) is 11.0 Å². The summed E-state index contributed by atoms with van der Waals surface area (Å²) in [5, 5.41) is 9.07. The zero-order chi connectivity index (χ0) is 14.5. The predicted octanol–water partition coefficient (Wildman–Crippen LogP) is 2.38. The minimum absolute atomic E-state index is 0.122. The number of hydrogen-bond acceptors (Lipinski definition) is 3. The van der Waals surface area contributed by atoms with Crippen molar-refractivity contribution in [2.75, 3.05) is 13.2 Å². The number of carboxylic acid groups (broad SMARTS) is 1. The Bertz CT molecular complexity index is 526. The molecule has 0 unspecified atom stereocenters. The minimum atomic E-state index is -0.937. The molecule has 5 nitrogen and oxygen atoms in total. The number of benzene rings is 1. The van der Waals surface area contributed by atoms with Gasteiger partial charge in [-0.05, 0) is 17.5 Å². The molecule has 1 aliphatic heterocycles. The van der Waals surface area contributed by atoms with Crippen molar-refractivity contribution in [3.8, 4) is 0 Å². The van der Waals surface area contributed by atoms with Crippen molar-refractivity contribution in [2.24, 2.45) is 0 Å². The molecule has 1 N–H and O–H groups in total. The zero-order valence-electron chi connectivity index (χ0n) is 11.1. The second-order valence-corrected chi connectivity index (χ2v) is 4.62. The molecule has 1 atom stereocenters. The zero-order valence-corrected chi connectivity index (χ0v) is 11.1. The largest absolute Gasteiger partial charge is 0.481 e. The molecule has 0 aliphatic carbocycles. The first-order valence-electron chi connectivity index (χ1n) is 6.47. The summed E-state index contributed by atoms with van der Waals surface area (Å²) in [5.41, 5.74) is 1.98. The van der Waals surface area contributed by atoms with Crippen LogP contribution in [0.25, 0.3) is 0 Å². The summed E-state index contributed by atoms with van der Waals surface area (Å²) in [7, 11) is 0. The van der Waals surface area contributed by atoms with Crippen LogP contribution in [0.5, 0.6) is 0 Å². The molecule has 2 rings (SSSR count). The van der Waals surface area contributed by atoms with Crippen LogP contribution in [0, 0.1) is 0 Å². The molecule has 1 aromatic carbocycles. The molecule has 0 aromatic heterocycles. The van der Waals surface area contributed by atoms with Crippen LogP contribution in [0.2, 0.25) is 0 Å². The lowest BCUT2D eigenvalue weighted by Gasteiger charge is -2.35. The molecule has 106 valence electrons. The number of amides is 1. The Hall–Kier alpha value is -2.30. The molecule has 20 heavy (non-hydrogen) atoms. The lowest BCUT2D eigenvalue weighted by atomic mass is 9.91. The Kier molecular flexibility index (Phi) is 4.40. The molecule has 1 amide bonds. The highest BCUT2D eigenvalue weighted by atomic mass is 16.6. The molecule has 5 heteroatoms. The maximum Gasteiger partial charge on any atom is 0.410 e. The maximum absolute atomic E-state index is 12.0. The summed E-state index contributed by atoms with van der Waals surface area (Å²) in [4.78, 5) is 24.6. The second-order valence-electron chi connectivity index (χ2n) is 4.62. The standard InChI is InChI=1S/C15H17NO4/c1-2-9-20-15(19)16-8-7-11-5-3-4-6-12(11)13(16)10-14(17)18/h2-6,13H,1,7-10H2,(H,17,18)/t13-/m1/s1. The van der Waals surface area contributed by atoms with E-state index in [0.29, 0.717) is 13.0 Å². The highest BCUT2D eigenvalue weighted by Crippen LogP contribution is 2.32. The summed E-state index contributed by atoms with van der Waals surface area (Å²) < 4.78 is 5.03. The van der Waals surface area contributed by atoms with Crippen molar-refractivity contribution in [3.05, 3.63) is 48.0 Å². The average molecular weight is 275 g/mol. The number of fused-ring (bicyclic) bond motifs is 1. The molecule has 0 bridgehead atoms. The molecule has 1 aliphatic rings. The van der Waals surface area contributed by atoms with E-state index in [1.807, 2.05) is 24.3 Å². The maximum atomic E-state index is 12.0. The summed E-state index contributed by atoms with van der Waals surface area (Å²) in [6, 6.07) is 7.14. The van der Waals surface area contributed by atoms with Crippen molar-refractivity contribution in [2.45, 2.75) is 18.9 Å². The van der Waals surface area contributed by atoms with Crippen molar-refractivity contribution >= 4 is 12.1 Å². The molecule has 0 radical (unpaired) electrons. The third-order valence-electron chi connectivity index (χ3n) is 3.34. The van der Waals surface area contributed by atoms with Gasteiger partial charge in [-0.25, -0.2) is 4.79 Å². The van der Waals surface area contributed by atoms with Crippen molar-refractivity contribution in [1.29, 1.82) is 0 Å². The van der Waals surface area contributed by atoms with E-state index in [1.54, 1.807) is 0 Å². The SMILES string of the molecule is C=CCOC(=O)N1CCc2ccccc2[C@H]1CC(=O)O. The Morgan fingerprint density at radius 3 is 2.90 bits per heavy atom. The number of carbonyl (C=O) groups is 2. The van der Waals surface area contributed by atoms with Gasteiger partial charge in [0.2, 0.25) is 0 Å². The molecule has 0 spiro atoms. The van der Waals surface area contributed by atoms with Crippen LogP contribution in [0.1, 0.15) is 23.6 Å². The Balaban J connectivity index is 2.26. The number of rotatable bonds is 4. The number of ether oxygens (including phenoxy) is 1. The van der Waals surface area contributed by atoms with Crippen LogP contribution in [0.3, 0.4) is 0 Å². The van der Waals surface area contributed by atoms with Gasteiger partial charge in [0.05, 0.1) is 12.5 Å². The highest BCUT2D eigenvalue weighted by molar-refractivity contribution is 5.73. The quantitative estimate of drug-likeness (QED) is 0.857. The van der Waals surface area contributed by atoms with Gasteiger partial charge in [-0.15, -0.1) is 0 Å². The van der Waals surface area contributed by atoms with Crippen LogP contribution in [0.15, 0.2) is 36.9 Å². The Morgan fingerprint density at radius 1 is 1.45 bits per heavy atom. The van der Waals surface area contributed by atoms with Crippen LogP contribution < -0.4 is 0 Å². The normalized spacial score (nSPS) is 17.2. The number of aliphatic carboxylic acids is 1. The van der Waals surface area contributed by atoms with Gasteiger partial charge in [0.25, 0.3) is 0 Å². The predicted molar refractivity (Wildman–Crippen MR) is 73.4 cm³/mol. The van der Waals surface area contributed by atoms with E-state index >= 15 is 0 Å². The van der Waals surface area contributed by atoms with Crippen LogP contribution in [-0.2, 0) is 16.0 Å². The first-order valence-corrected chi connectivity index (χ1v) is 6.47. The number of carboxylic acids is 1. The fraction of sp³-hybridized carbons (Fsp3) is 0.333. The third kappa shape index (κ3) is 2.99. The van der Waals surface area contributed by atoms with Gasteiger partial charge in [-0.1, -0.05) is 36.9 Å². The van der Waals surface area contributed by atoms with E-state index in [-0.39, 0.29) is 13.0 Å². The lowest BCUT2D eigenvalue weighted by molar-refractivity contribution is -0.138. The first kappa shape index (κ1) is 14.1. The van der Waals surface area contributed by atoms with Gasteiger partial charge in [0, 0.05) is 6.54 Å². The van der Waals surface area contributed by atoms with Crippen LogP contribution in [-0.4, -0.2) is 35.2 Å². The minimum Gasteiger partial charge on any atom is -0.481 e. The lowest BCUT2D eigenvalue weighted by Crippen LogP contribution is -2.41. The Morgan fingerprint density at radius 2 is 2.20 bits per heavy atom. The molecule has 0 fully saturated rings.